The molecule has 0 saturated heterocycles. The maximum atomic E-state index is 10.6. The van der Waals surface area contributed by atoms with E-state index in [-0.39, 0.29) is 22.8 Å². The number of ether oxygens (including phenoxy) is 1. The smallest absolute Gasteiger partial charge is 0.157 e. The van der Waals surface area contributed by atoms with Crippen LogP contribution in [0.1, 0.15) is 48.1 Å². The fourth-order valence-corrected chi connectivity index (χ4v) is 3.18. The van der Waals surface area contributed by atoms with E-state index < -0.39 is 0 Å². The number of benzene rings is 2. The van der Waals surface area contributed by atoms with E-state index in [0.717, 1.165) is 46.4 Å². The molecule has 1 aliphatic rings. The molecule has 0 radical (unpaired) electrons. The Balaban J connectivity index is 2.08. The minimum Gasteiger partial charge on any atom is -0.507 e. The average Bonchev–Trinajstić information content (AvgIpc) is 2.56. The van der Waals surface area contributed by atoms with E-state index in [2.05, 4.69) is 13.8 Å². The number of hydrogen-bond acceptors (Lipinski definition) is 4. The van der Waals surface area contributed by atoms with Crippen molar-refractivity contribution in [3.05, 3.63) is 46.0 Å². The van der Waals surface area contributed by atoms with Crippen LogP contribution in [-0.2, 0) is 6.42 Å². The van der Waals surface area contributed by atoms with Crippen molar-refractivity contribution in [1.82, 2.24) is 0 Å². The van der Waals surface area contributed by atoms with Gasteiger partial charge >= 0.3 is 0 Å². The average molecular weight is 340 g/mol. The van der Waals surface area contributed by atoms with Crippen LogP contribution < -0.4 is 4.74 Å². The quantitative estimate of drug-likeness (QED) is 0.548. The Morgan fingerprint density at radius 1 is 1.00 bits per heavy atom. The third-order valence-electron chi connectivity index (χ3n) is 4.91. The van der Waals surface area contributed by atoms with Gasteiger partial charge in [0, 0.05) is 11.1 Å². The highest BCUT2D eigenvalue weighted by Crippen LogP contribution is 2.44. The van der Waals surface area contributed by atoms with E-state index in [0.29, 0.717) is 0 Å². The van der Waals surface area contributed by atoms with Crippen molar-refractivity contribution >= 4 is 12.2 Å². The molecule has 3 N–H and O–H groups in total. The van der Waals surface area contributed by atoms with Gasteiger partial charge < -0.3 is 20.1 Å². The van der Waals surface area contributed by atoms with Gasteiger partial charge in [0.05, 0.1) is 0 Å². The Morgan fingerprint density at radius 3 is 2.40 bits per heavy atom. The molecule has 0 spiro atoms. The Labute approximate surface area is 148 Å². The van der Waals surface area contributed by atoms with Gasteiger partial charge in [0.15, 0.2) is 11.5 Å². The van der Waals surface area contributed by atoms with Crippen molar-refractivity contribution < 1.29 is 20.1 Å². The first-order chi connectivity index (χ1) is 11.7. The van der Waals surface area contributed by atoms with E-state index in [9.17, 15) is 15.3 Å². The molecule has 0 bridgehead atoms. The molecule has 1 heterocycles. The molecule has 0 fully saturated rings. The van der Waals surface area contributed by atoms with E-state index in [1.165, 1.54) is 12.1 Å². The highest BCUT2D eigenvalue weighted by atomic mass is 16.5. The first-order valence-electron chi connectivity index (χ1n) is 8.43. The summed E-state index contributed by atoms with van der Waals surface area (Å²) in [7, 11) is 0. The van der Waals surface area contributed by atoms with Crippen LogP contribution in [0, 0.1) is 13.8 Å². The largest absolute Gasteiger partial charge is 0.507 e. The summed E-state index contributed by atoms with van der Waals surface area (Å²) in [5, 5.41) is 29.7. The second-order valence-corrected chi connectivity index (χ2v) is 7.26. The number of aromatic hydroxyl groups is 3. The van der Waals surface area contributed by atoms with Crippen LogP contribution in [0.5, 0.6) is 23.0 Å². The van der Waals surface area contributed by atoms with Gasteiger partial charge in [-0.1, -0.05) is 18.2 Å². The highest BCUT2D eigenvalue weighted by molar-refractivity contribution is 5.78. The van der Waals surface area contributed by atoms with Crippen molar-refractivity contribution in [3.8, 4) is 23.0 Å². The van der Waals surface area contributed by atoms with Crippen molar-refractivity contribution in [2.24, 2.45) is 0 Å². The van der Waals surface area contributed by atoms with Crippen LogP contribution in [0.4, 0.5) is 0 Å². The Morgan fingerprint density at radius 2 is 1.72 bits per heavy atom. The summed E-state index contributed by atoms with van der Waals surface area (Å²) >= 11 is 0. The molecule has 0 saturated carbocycles. The number of phenols is 3. The van der Waals surface area contributed by atoms with Crippen LogP contribution >= 0.6 is 0 Å². The van der Waals surface area contributed by atoms with Crippen molar-refractivity contribution in [2.75, 3.05) is 0 Å². The van der Waals surface area contributed by atoms with E-state index in [1.807, 2.05) is 26.0 Å². The van der Waals surface area contributed by atoms with Crippen LogP contribution in [0.25, 0.3) is 12.2 Å². The SMILES string of the molecule is Cc1c(C)c2c(c(/C=C/c3ccc(O)c(O)c3)c1O)CCC(C)(C)O2. The fraction of sp³-hybridized carbons (Fsp3) is 0.333. The molecule has 2 aromatic rings. The maximum Gasteiger partial charge on any atom is 0.157 e. The topological polar surface area (TPSA) is 69.9 Å². The molecule has 2 aromatic carbocycles. The predicted octanol–water partition coefficient (Wildman–Crippen LogP) is 4.69. The lowest BCUT2D eigenvalue weighted by Crippen LogP contribution is -2.33. The summed E-state index contributed by atoms with van der Waals surface area (Å²) in [5.41, 5.74) is 4.06. The molecule has 0 aromatic heterocycles. The van der Waals surface area contributed by atoms with Crippen molar-refractivity contribution in [1.29, 1.82) is 0 Å². The molecule has 25 heavy (non-hydrogen) atoms. The Kier molecular flexibility index (Phi) is 4.15. The van der Waals surface area contributed by atoms with Crippen molar-refractivity contribution in [2.45, 2.75) is 46.1 Å². The molecule has 3 rings (SSSR count). The molecule has 0 amide bonds. The molecule has 1 aliphatic heterocycles. The van der Waals surface area contributed by atoms with Crippen LogP contribution in [-0.4, -0.2) is 20.9 Å². The highest BCUT2D eigenvalue weighted by Gasteiger charge is 2.31. The van der Waals surface area contributed by atoms with E-state index >= 15 is 0 Å². The van der Waals surface area contributed by atoms with Gasteiger partial charge in [-0.15, -0.1) is 0 Å². The van der Waals surface area contributed by atoms with Gasteiger partial charge in [-0.05, 0) is 69.4 Å². The number of rotatable bonds is 2. The van der Waals surface area contributed by atoms with Crippen LogP contribution in [0.15, 0.2) is 18.2 Å². The zero-order valence-corrected chi connectivity index (χ0v) is 15.1. The van der Waals surface area contributed by atoms with Gasteiger partial charge in [0.2, 0.25) is 0 Å². The van der Waals surface area contributed by atoms with Gasteiger partial charge in [-0.2, -0.15) is 0 Å². The molecule has 4 nitrogen and oxygen atoms in total. The predicted molar refractivity (Wildman–Crippen MR) is 99.3 cm³/mol. The second kappa shape index (κ2) is 6.03. The lowest BCUT2D eigenvalue weighted by molar-refractivity contribution is 0.0833. The third-order valence-corrected chi connectivity index (χ3v) is 4.91. The zero-order chi connectivity index (χ0) is 18.4. The van der Waals surface area contributed by atoms with Gasteiger partial charge in [0.1, 0.15) is 17.1 Å². The molecular formula is C21H24O4. The molecule has 4 heteroatoms. The number of phenolic OH excluding ortho intramolecular Hbond substituents is 3. The van der Waals surface area contributed by atoms with Gasteiger partial charge in [0.25, 0.3) is 0 Å². The number of hydrogen-bond donors (Lipinski definition) is 3. The van der Waals surface area contributed by atoms with Crippen LogP contribution in [0.2, 0.25) is 0 Å². The first kappa shape index (κ1) is 17.2. The molecular weight excluding hydrogens is 316 g/mol. The molecule has 0 aliphatic carbocycles. The Bertz CT molecular complexity index is 863. The van der Waals surface area contributed by atoms with E-state index in [4.69, 9.17) is 4.74 Å². The van der Waals surface area contributed by atoms with Crippen molar-refractivity contribution in [3.63, 3.8) is 0 Å². The molecule has 0 unspecified atom stereocenters. The number of fused-ring (bicyclic) bond motifs is 1. The lowest BCUT2D eigenvalue weighted by Gasteiger charge is -2.35. The summed E-state index contributed by atoms with van der Waals surface area (Å²) in [6.45, 7) is 8.01. The van der Waals surface area contributed by atoms with Gasteiger partial charge in [-0.25, -0.2) is 0 Å². The summed E-state index contributed by atoms with van der Waals surface area (Å²) in [6, 6.07) is 4.63. The summed E-state index contributed by atoms with van der Waals surface area (Å²) in [4.78, 5) is 0. The summed E-state index contributed by atoms with van der Waals surface area (Å²) in [6.07, 6.45) is 5.36. The molecule has 0 atom stereocenters. The third kappa shape index (κ3) is 3.16. The maximum absolute atomic E-state index is 10.6. The minimum atomic E-state index is -0.217. The summed E-state index contributed by atoms with van der Waals surface area (Å²) in [5.74, 6) is 0.802. The standard InChI is InChI=1S/C21H24O4/c1-12-13(2)20-16(9-10-21(3,4)25-20)15(19(12)24)7-5-14-6-8-17(22)18(23)11-14/h5-8,11,22-24H,9-10H2,1-4H3/b7-5+. The fourth-order valence-electron chi connectivity index (χ4n) is 3.18. The second-order valence-electron chi connectivity index (χ2n) is 7.26. The first-order valence-corrected chi connectivity index (χ1v) is 8.43. The van der Waals surface area contributed by atoms with Gasteiger partial charge in [-0.3, -0.25) is 0 Å². The normalized spacial score (nSPS) is 15.8. The van der Waals surface area contributed by atoms with E-state index in [1.54, 1.807) is 6.07 Å². The molecule has 132 valence electrons. The lowest BCUT2D eigenvalue weighted by atomic mass is 9.87. The zero-order valence-electron chi connectivity index (χ0n) is 15.1. The summed E-state index contributed by atoms with van der Waals surface area (Å²) < 4.78 is 6.20. The minimum absolute atomic E-state index is 0.154. The van der Waals surface area contributed by atoms with Crippen LogP contribution in [0.3, 0.4) is 0 Å². The Hall–Kier alpha value is -2.62. The monoisotopic (exact) mass is 340 g/mol.